The second kappa shape index (κ2) is 8.43. The zero-order chi connectivity index (χ0) is 20.0. The van der Waals surface area contributed by atoms with Crippen molar-refractivity contribution in [2.45, 2.75) is 63.3 Å². The molecule has 0 aromatic heterocycles. The molecule has 2 aliphatic carbocycles. The standard InChI is InChI=1S/C26H33NO2.ClH/c1-18-15-22(29-2)9-7-19(18)10-13-27-14-12-26-11-4-3-5-23(26)25(27)16-20-6-8-21(28)17-24(20)26;/h6-9,15,17,23,25,28H,3-5,10-14,16H2,1-2H3;1H/t23-,25-,26+;/m0./s1. The van der Waals surface area contributed by atoms with Crippen LogP contribution in [0.15, 0.2) is 36.4 Å². The molecule has 1 saturated carbocycles. The summed E-state index contributed by atoms with van der Waals surface area (Å²) in [6.45, 7) is 4.52. The molecule has 5 rings (SSSR count). The Kier molecular flexibility index (Phi) is 6.05. The van der Waals surface area contributed by atoms with Crippen LogP contribution in [0.2, 0.25) is 0 Å². The maximum Gasteiger partial charge on any atom is 0.119 e. The number of aromatic hydroxyl groups is 1. The number of benzene rings is 2. The molecule has 0 unspecified atom stereocenters. The molecule has 0 amide bonds. The number of aryl methyl sites for hydroxylation is 1. The van der Waals surface area contributed by atoms with Gasteiger partial charge in [-0.15, -0.1) is 12.4 Å². The molecule has 1 aliphatic heterocycles. The van der Waals surface area contributed by atoms with Crippen LogP contribution in [-0.4, -0.2) is 36.2 Å². The lowest BCUT2D eigenvalue weighted by atomic mass is 9.52. The lowest BCUT2D eigenvalue weighted by Crippen LogP contribution is -2.61. The normalized spacial score (nSPS) is 27.5. The number of fused-ring (bicyclic) bond motifs is 1. The summed E-state index contributed by atoms with van der Waals surface area (Å²) in [6, 6.07) is 13.3. The molecule has 2 bridgehead atoms. The summed E-state index contributed by atoms with van der Waals surface area (Å²) < 4.78 is 5.37. The van der Waals surface area contributed by atoms with Crippen LogP contribution in [0.3, 0.4) is 0 Å². The molecule has 0 spiro atoms. The average Bonchev–Trinajstić information content (AvgIpc) is 2.74. The fourth-order valence-electron chi connectivity index (χ4n) is 6.69. The number of phenols is 1. The summed E-state index contributed by atoms with van der Waals surface area (Å²) in [5, 5.41) is 10.2. The molecule has 30 heavy (non-hydrogen) atoms. The summed E-state index contributed by atoms with van der Waals surface area (Å²) in [4.78, 5) is 2.79. The molecular formula is C26H34ClNO2. The minimum atomic E-state index is 0. The van der Waals surface area contributed by atoms with Gasteiger partial charge in [0.15, 0.2) is 0 Å². The number of methoxy groups -OCH3 is 1. The second-order valence-electron chi connectivity index (χ2n) is 9.45. The smallest absolute Gasteiger partial charge is 0.119 e. The lowest BCUT2D eigenvalue weighted by molar-refractivity contribution is -0.0107. The van der Waals surface area contributed by atoms with Crippen molar-refractivity contribution >= 4 is 12.4 Å². The number of piperidine rings is 1. The number of phenolic OH excluding ortho intramolecular Hbond substituents is 1. The molecule has 1 saturated heterocycles. The van der Waals surface area contributed by atoms with Crippen molar-refractivity contribution in [3.63, 3.8) is 0 Å². The van der Waals surface area contributed by atoms with Crippen molar-refractivity contribution in [3.8, 4) is 11.5 Å². The van der Waals surface area contributed by atoms with E-state index in [2.05, 4.69) is 42.2 Å². The van der Waals surface area contributed by atoms with Gasteiger partial charge in [0.05, 0.1) is 7.11 Å². The first-order chi connectivity index (χ1) is 14.1. The Morgan fingerprint density at radius 2 is 2.00 bits per heavy atom. The molecule has 4 heteroatoms. The summed E-state index contributed by atoms with van der Waals surface area (Å²) in [5.41, 5.74) is 6.03. The maximum atomic E-state index is 10.2. The molecule has 1 heterocycles. The van der Waals surface area contributed by atoms with E-state index >= 15 is 0 Å². The van der Waals surface area contributed by atoms with Crippen LogP contribution >= 0.6 is 12.4 Å². The zero-order valence-electron chi connectivity index (χ0n) is 18.2. The fraction of sp³-hybridized carbons (Fsp3) is 0.538. The average molecular weight is 428 g/mol. The maximum absolute atomic E-state index is 10.2. The molecule has 0 radical (unpaired) electrons. The highest BCUT2D eigenvalue weighted by atomic mass is 35.5. The monoisotopic (exact) mass is 427 g/mol. The van der Waals surface area contributed by atoms with Crippen molar-refractivity contribution in [2.75, 3.05) is 20.2 Å². The van der Waals surface area contributed by atoms with Crippen molar-refractivity contribution in [3.05, 3.63) is 58.7 Å². The number of hydrogen-bond donors (Lipinski definition) is 1. The van der Waals surface area contributed by atoms with Gasteiger partial charge in [0.25, 0.3) is 0 Å². The molecule has 2 aromatic rings. The van der Waals surface area contributed by atoms with Crippen LogP contribution < -0.4 is 4.74 Å². The predicted octanol–water partition coefficient (Wildman–Crippen LogP) is 5.43. The van der Waals surface area contributed by atoms with Crippen LogP contribution in [0.25, 0.3) is 0 Å². The first kappa shape index (κ1) is 21.5. The fourth-order valence-corrected chi connectivity index (χ4v) is 6.69. The van der Waals surface area contributed by atoms with E-state index in [1.165, 1.54) is 60.9 Å². The van der Waals surface area contributed by atoms with Gasteiger partial charge >= 0.3 is 0 Å². The van der Waals surface area contributed by atoms with E-state index in [0.29, 0.717) is 17.2 Å². The highest BCUT2D eigenvalue weighted by Gasteiger charge is 2.53. The number of rotatable bonds is 4. The highest BCUT2D eigenvalue weighted by molar-refractivity contribution is 5.85. The Balaban J connectivity index is 0.00000218. The van der Waals surface area contributed by atoms with E-state index in [-0.39, 0.29) is 12.4 Å². The van der Waals surface area contributed by atoms with Crippen molar-refractivity contribution in [1.82, 2.24) is 4.90 Å². The Hall–Kier alpha value is -1.71. The summed E-state index contributed by atoms with van der Waals surface area (Å²) >= 11 is 0. The third-order valence-corrected chi connectivity index (χ3v) is 8.15. The summed E-state index contributed by atoms with van der Waals surface area (Å²) in [6.07, 6.45) is 8.84. The van der Waals surface area contributed by atoms with Crippen molar-refractivity contribution in [2.24, 2.45) is 5.92 Å². The zero-order valence-corrected chi connectivity index (χ0v) is 19.0. The van der Waals surface area contributed by atoms with Gasteiger partial charge in [-0.05, 0) is 98.0 Å². The van der Waals surface area contributed by atoms with Gasteiger partial charge in [0.1, 0.15) is 11.5 Å². The van der Waals surface area contributed by atoms with Crippen LogP contribution in [0.5, 0.6) is 11.5 Å². The van der Waals surface area contributed by atoms with Gasteiger partial charge in [-0.25, -0.2) is 0 Å². The molecular weight excluding hydrogens is 394 g/mol. The second-order valence-corrected chi connectivity index (χ2v) is 9.45. The van der Waals surface area contributed by atoms with Gasteiger partial charge in [-0.1, -0.05) is 25.0 Å². The van der Waals surface area contributed by atoms with Crippen molar-refractivity contribution < 1.29 is 9.84 Å². The molecule has 3 nitrogen and oxygen atoms in total. The van der Waals surface area contributed by atoms with E-state index in [0.717, 1.165) is 31.1 Å². The van der Waals surface area contributed by atoms with E-state index in [9.17, 15) is 5.11 Å². The van der Waals surface area contributed by atoms with Crippen LogP contribution in [0, 0.1) is 12.8 Å². The first-order valence-electron chi connectivity index (χ1n) is 11.3. The molecule has 3 atom stereocenters. The minimum absolute atomic E-state index is 0. The number of halogens is 1. The van der Waals surface area contributed by atoms with Crippen LogP contribution in [0.1, 0.15) is 54.4 Å². The Bertz CT molecular complexity index is 914. The first-order valence-corrected chi connectivity index (χ1v) is 11.3. The lowest BCUT2D eigenvalue weighted by Gasteiger charge is -2.59. The quantitative estimate of drug-likeness (QED) is 0.705. The van der Waals surface area contributed by atoms with E-state index in [1.54, 1.807) is 7.11 Å². The SMILES string of the molecule is COc1ccc(CCN2CC[C@]34CCCC[C@H]3[C@@H]2Cc2ccc(O)cc24)c(C)c1.Cl. The molecule has 162 valence electrons. The Labute approximate surface area is 186 Å². The minimum Gasteiger partial charge on any atom is -0.508 e. The topological polar surface area (TPSA) is 32.7 Å². The Morgan fingerprint density at radius 1 is 1.13 bits per heavy atom. The van der Waals surface area contributed by atoms with Gasteiger partial charge in [0.2, 0.25) is 0 Å². The van der Waals surface area contributed by atoms with E-state index in [4.69, 9.17) is 4.74 Å². The number of nitrogens with zero attached hydrogens (tertiary/aromatic N) is 1. The predicted molar refractivity (Wildman–Crippen MR) is 124 cm³/mol. The number of hydrogen-bond acceptors (Lipinski definition) is 3. The molecule has 2 aromatic carbocycles. The molecule has 3 aliphatic rings. The van der Waals surface area contributed by atoms with E-state index in [1.807, 2.05) is 6.07 Å². The van der Waals surface area contributed by atoms with Gasteiger partial charge in [-0.2, -0.15) is 0 Å². The third kappa shape index (κ3) is 3.50. The largest absolute Gasteiger partial charge is 0.508 e. The van der Waals surface area contributed by atoms with Crippen LogP contribution in [0.4, 0.5) is 0 Å². The summed E-state index contributed by atoms with van der Waals surface area (Å²) in [5.74, 6) is 2.14. The number of likely N-dealkylation sites (tertiary alicyclic amines) is 1. The van der Waals surface area contributed by atoms with Gasteiger partial charge in [-0.3, -0.25) is 4.90 Å². The molecule has 2 fully saturated rings. The van der Waals surface area contributed by atoms with E-state index < -0.39 is 0 Å². The number of ether oxygens (including phenoxy) is 1. The van der Waals surface area contributed by atoms with Crippen LogP contribution in [-0.2, 0) is 18.3 Å². The Morgan fingerprint density at radius 3 is 2.80 bits per heavy atom. The van der Waals surface area contributed by atoms with Crippen molar-refractivity contribution in [1.29, 1.82) is 0 Å². The van der Waals surface area contributed by atoms with Gasteiger partial charge in [0, 0.05) is 18.0 Å². The third-order valence-electron chi connectivity index (χ3n) is 8.15. The summed E-state index contributed by atoms with van der Waals surface area (Å²) in [7, 11) is 1.74. The molecule has 1 N–H and O–H groups in total. The highest BCUT2D eigenvalue weighted by Crippen LogP contribution is 2.56. The van der Waals surface area contributed by atoms with Gasteiger partial charge < -0.3 is 9.84 Å².